The Morgan fingerprint density at radius 1 is 1.15 bits per heavy atom. The van der Waals surface area contributed by atoms with Gasteiger partial charge in [0.15, 0.2) is 0 Å². The number of non-ortho nitro benzene ring substituents is 1. The number of nitrogens with one attached hydrogen (secondary N) is 1. The highest BCUT2D eigenvalue weighted by Gasteiger charge is 2.42. The van der Waals surface area contributed by atoms with Gasteiger partial charge in [-0.25, -0.2) is 0 Å². The van der Waals surface area contributed by atoms with Crippen LogP contribution < -0.4 is 5.32 Å². The zero-order valence-electron chi connectivity index (χ0n) is 15.9. The van der Waals surface area contributed by atoms with Crippen molar-refractivity contribution in [3.8, 4) is 0 Å². The Bertz CT molecular complexity index is 702. The molecule has 2 rings (SSSR count). The second-order valence-corrected chi connectivity index (χ2v) is 6.79. The minimum Gasteiger partial charge on any atom is -0.341 e. The fourth-order valence-electron chi connectivity index (χ4n) is 3.52. The van der Waals surface area contributed by atoms with E-state index in [1.54, 1.807) is 23.1 Å². The van der Waals surface area contributed by atoms with Crippen LogP contribution in [0.15, 0.2) is 30.3 Å². The molecule has 0 saturated heterocycles. The van der Waals surface area contributed by atoms with Crippen LogP contribution in [-0.2, 0) is 9.59 Å². The molecular weight excluding hydrogens is 346 g/mol. The van der Waals surface area contributed by atoms with Crippen LogP contribution in [0.1, 0.15) is 51.5 Å². The van der Waals surface area contributed by atoms with Crippen molar-refractivity contribution < 1.29 is 14.5 Å². The number of hydrogen-bond acceptors (Lipinski definition) is 4. The molecule has 0 aromatic heterocycles. The lowest BCUT2D eigenvalue weighted by Gasteiger charge is -2.39. The lowest BCUT2D eigenvalue weighted by Crippen LogP contribution is -2.60. The molecule has 0 atom stereocenters. The maximum atomic E-state index is 13.0. The molecule has 1 saturated carbocycles. The predicted molar refractivity (Wildman–Crippen MR) is 104 cm³/mol. The van der Waals surface area contributed by atoms with Crippen molar-refractivity contribution in [2.45, 2.75) is 51.5 Å². The second kappa shape index (κ2) is 9.30. The normalized spacial score (nSPS) is 16.1. The van der Waals surface area contributed by atoms with Gasteiger partial charge in [0.05, 0.1) is 4.92 Å². The summed E-state index contributed by atoms with van der Waals surface area (Å²) in [5, 5.41) is 13.6. The zero-order chi connectivity index (χ0) is 19.9. The average molecular weight is 373 g/mol. The largest absolute Gasteiger partial charge is 0.341 e. The topological polar surface area (TPSA) is 92.6 Å². The van der Waals surface area contributed by atoms with E-state index in [4.69, 9.17) is 0 Å². The van der Waals surface area contributed by atoms with Crippen molar-refractivity contribution in [2.75, 3.05) is 13.1 Å². The quantitative estimate of drug-likeness (QED) is 0.451. The van der Waals surface area contributed by atoms with Crippen LogP contribution >= 0.6 is 0 Å². The first-order chi connectivity index (χ1) is 12.9. The van der Waals surface area contributed by atoms with Crippen LogP contribution in [0, 0.1) is 10.1 Å². The van der Waals surface area contributed by atoms with Gasteiger partial charge >= 0.3 is 0 Å². The number of carbonyl (C=O) groups is 2. The van der Waals surface area contributed by atoms with Crippen LogP contribution in [0.5, 0.6) is 0 Å². The minimum absolute atomic E-state index is 0.00239. The fraction of sp³-hybridized carbons (Fsp3) is 0.500. The third kappa shape index (κ3) is 5.15. The van der Waals surface area contributed by atoms with E-state index in [2.05, 4.69) is 5.32 Å². The first kappa shape index (κ1) is 20.6. The van der Waals surface area contributed by atoms with E-state index in [1.165, 1.54) is 18.2 Å². The highest BCUT2D eigenvalue weighted by Crippen LogP contribution is 2.30. The molecule has 0 heterocycles. The Kier molecular flexibility index (Phi) is 7.10. The molecular formula is C20H27N3O4. The maximum absolute atomic E-state index is 13.0. The molecule has 1 aliphatic carbocycles. The number of likely N-dealkylation sites (N-methyl/N-ethyl adjacent to an activating group) is 1. The Labute approximate surface area is 159 Å². The van der Waals surface area contributed by atoms with E-state index < -0.39 is 10.5 Å². The van der Waals surface area contributed by atoms with Crippen molar-refractivity contribution >= 4 is 23.6 Å². The van der Waals surface area contributed by atoms with Crippen LogP contribution in [0.2, 0.25) is 0 Å². The number of carbonyl (C=O) groups excluding carboxylic acids is 2. The maximum Gasteiger partial charge on any atom is 0.269 e. The van der Waals surface area contributed by atoms with E-state index in [-0.39, 0.29) is 17.5 Å². The van der Waals surface area contributed by atoms with Gasteiger partial charge in [-0.2, -0.15) is 0 Å². The van der Waals surface area contributed by atoms with E-state index in [9.17, 15) is 19.7 Å². The summed E-state index contributed by atoms with van der Waals surface area (Å²) in [6.07, 6.45) is 7.18. The highest BCUT2D eigenvalue weighted by molar-refractivity contribution is 5.97. The van der Waals surface area contributed by atoms with Gasteiger partial charge in [-0.15, -0.1) is 0 Å². The smallest absolute Gasteiger partial charge is 0.269 e. The highest BCUT2D eigenvalue weighted by atomic mass is 16.6. The number of nitro groups is 1. The summed E-state index contributed by atoms with van der Waals surface area (Å²) in [5.41, 5.74) is -0.146. The summed E-state index contributed by atoms with van der Waals surface area (Å²) in [6, 6.07) is 5.95. The summed E-state index contributed by atoms with van der Waals surface area (Å²) in [4.78, 5) is 37.5. The molecule has 1 aromatic carbocycles. The standard InChI is InChI=1S/C20H27N3O4/c1-3-22(4-2)19(25)20(14-6-5-7-15-20)21-18(24)13-10-16-8-11-17(12-9-16)23(26)27/h8-13H,3-7,14-15H2,1-2H3,(H,21,24)/b13-10+. The van der Waals surface area contributed by atoms with E-state index in [0.717, 1.165) is 19.3 Å². The molecule has 1 N–H and O–H groups in total. The number of rotatable bonds is 7. The van der Waals surface area contributed by atoms with Crippen LogP contribution in [0.3, 0.4) is 0 Å². The molecule has 0 aliphatic heterocycles. The molecule has 0 bridgehead atoms. The minimum atomic E-state index is -0.832. The van der Waals surface area contributed by atoms with Crippen molar-refractivity contribution in [1.82, 2.24) is 10.2 Å². The third-order valence-electron chi connectivity index (χ3n) is 5.06. The molecule has 0 radical (unpaired) electrons. The number of hydrogen-bond donors (Lipinski definition) is 1. The van der Waals surface area contributed by atoms with Crippen molar-refractivity contribution in [3.05, 3.63) is 46.0 Å². The van der Waals surface area contributed by atoms with Gasteiger partial charge in [0.25, 0.3) is 5.69 Å². The summed E-state index contributed by atoms with van der Waals surface area (Å²) < 4.78 is 0. The van der Waals surface area contributed by atoms with Gasteiger partial charge in [-0.1, -0.05) is 19.3 Å². The summed E-state index contributed by atoms with van der Waals surface area (Å²) in [6.45, 7) is 5.11. The molecule has 1 aromatic rings. The Morgan fingerprint density at radius 2 is 1.74 bits per heavy atom. The summed E-state index contributed by atoms with van der Waals surface area (Å²) >= 11 is 0. The number of amides is 2. The van der Waals surface area contributed by atoms with Gasteiger partial charge in [0, 0.05) is 31.3 Å². The zero-order valence-corrected chi connectivity index (χ0v) is 15.9. The van der Waals surface area contributed by atoms with Crippen LogP contribution in [0.4, 0.5) is 5.69 Å². The van der Waals surface area contributed by atoms with Gasteiger partial charge in [0.1, 0.15) is 5.54 Å². The monoisotopic (exact) mass is 373 g/mol. The number of benzene rings is 1. The van der Waals surface area contributed by atoms with Gasteiger partial charge in [-0.3, -0.25) is 19.7 Å². The Balaban J connectivity index is 2.11. The molecule has 7 nitrogen and oxygen atoms in total. The molecule has 1 aliphatic rings. The van der Waals surface area contributed by atoms with Crippen LogP contribution in [-0.4, -0.2) is 40.3 Å². The summed E-state index contributed by atoms with van der Waals surface area (Å²) in [5.74, 6) is -0.333. The molecule has 146 valence electrons. The molecule has 2 amide bonds. The Hall–Kier alpha value is -2.70. The van der Waals surface area contributed by atoms with Crippen molar-refractivity contribution in [1.29, 1.82) is 0 Å². The molecule has 0 spiro atoms. The first-order valence-corrected chi connectivity index (χ1v) is 9.46. The molecule has 0 unspecified atom stereocenters. The first-order valence-electron chi connectivity index (χ1n) is 9.46. The number of nitro benzene ring substituents is 1. The van der Waals surface area contributed by atoms with E-state index in [1.807, 2.05) is 13.8 Å². The van der Waals surface area contributed by atoms with Gasteiger partial charge < -0.3 is 10.2 Å². The average Bonchev–Trinajstić information content (AvgIpc) is 2.68. The van der Waals surface area contributed by atoms with Gasteiger partial charge in [0.2, 0.25) is 11.8 Å². The molecule has 7 heteroatoms. The van der Waals surface area contributed by atoms with Crippen LogP contribution in [0.25, 0.3) is 6.08 Å². The van der Waals surface area contributed by atoms with Crippen molar-refractivity contribution in [2.24, 2.45) is 0 Å². The van der Waals surface area contributed by atoms with Crippen molar-refractivity contribution in [3.63, 3.8) is 0 Å². The lowest BCUT2D eigenvalue weighted by molar-refractivity contribution is -0.384. The molecule has 1 fully saturated rings. The van der Waals surface area contributed by atoms with E-state index >= 15 is 0 Å². The Morgan fingerprint density at radius 3 is 2.26 bits per heavy atom. The van der Waals surface area contributed by atoms with E-state index in [0.29, 0.717) is 31.5 Å². The molecule has 27 heavy (non-hydrogen) atoms. The SMILES string of the molecule is CCN(CC)C(=O)C1(NC(=O)/C=C/c2ccc([N+](=O)[O-])cc2)CCCCC1. The number of nitrogens with zero attached hydrogens (tertiary/aromatic N) is 2. The third-order valence-corrected chi connectivity index (χ3v) is 5.06. The van der Waals surface area contributed by atoms with Gasteiger partial charge in [-0.05, 0) is 50.5 Å². The fourth-order valence-corrected chi connectivity index (χ4v) is 3.52. The second-order valence-electron chi connectivity index (χ2n) is 6.79. The lowest BCUT2D eigenvalue weighted by atomic mass is 9.80. The summed E-state index contributed by atoms with van der Waals surface area (Å²) in [7, 11) is 0. The predicted octanol–water partition coefficient (Wildman–Crippen LogP) is 3.30.